The standard InChI is InChI=1S/C19H29NO/c1-14-5-4-6-15(2)18(14)12-19(13-20-7-8-21-3)10-16-9-17(16)11-19/h4-6,16-17,20H,7-13H2,1-3H3. The molecular weight excluding hydrogens is 258 g/mol. The molecule has 0 bridgehead atoms. The number of hydrogen-bond donors (Lipinski definition) is 1. The summed E-state index contributed by atoms with van der Waals surface area (Å²) in [7, 11) is 1.78. The summed E-state index contributed by atoms with van der Waals surface area (Å²) in [5.74, 6) is 2.05. The Kier molecular flexibility index (Phi) is 4.37. The lowest BCUT2D eigenvalue weighted by atomic mass is 9.75. The highest BCUT2D eigenvalue weighted by molar-refractivity contribution is 5.35. The minimum atomic E-state index is 0.484. The summed E-state index contributed by atoms with van der Waals surface area (Å²) in [6.45, 7) is 7.47. The Morgan fingerprint density at radius 3 is 2.48 bits per heavy atom. The van der Waals surface area contributed by atoms with Crippen LogP contribution in [0.5, 0.6) is 0 Å². The molecule has 1 aromatic rings. The van der Waals surface area contributed by atoms with Crippen molar-refractivity contribution in [1.82, 2.24) is 5.32 Å². The van der Waals surface area contributed by atoms with Gasteiger partial charge in [-0.15, -0.1) is 0 Å². The fourth-order valence-corrected chi connectivity index (χ4v) is 4.39. The Bertz CT molecular complexity index is 466. The van der Waals surface area contributed by atoms with E-state index in [1.165, 1.54) is 36.8 Å². The Labute approximate surface area is 129 Å². The largest absolute Gasteiger partial charge is 0.383 e. The average Bonchev–Trinajstić information content (AvgIpc) is 3.08. The van der Waals surface area contributed by atoms with Gasteiger partial charge in [0.1, 0.15) is 0 Å². The average molecular weight is 287 g/mol. The summed E-state index contributed by atoms with van der Waals surface area (Å²) in [5.41, 5.74) is 5.00. The zero-order valence-corrected chi connectivity index (χ0v) is 13.7. The molecule has 0 radical (unpaired) electrons. The van der Waals surface area contributed by atoms with Gasteiger partial charge in [0.2, 0.25) is 0 Å². The van der Waals surface area contributed by atoms with Gasteiger partial charge in [0.05, 0.1) is 6.61 Å². The first-order valence-corrected chi connectivity index (χ1v) is 8.38. The zero-order valence-electron chi connectivity index (χ0n) is 13.7. The van der Waals surface area contributed by atoms with Crippen LogP contribution in [0.25, 0.3) is 0 Å². The minimum absolute atomic E-state index is 0.484. The third-order valence-corrected chi connectivity index (χ3v) is 5.64. The van der Waals surface area contributed by atoms with Crippen LogP contribution in [0.2, 0.25) is 0 Å². The van der Waals surface area contributed by atoms with Gasteiger partial charge < -0.3 is 10.1 Å². The second-order valence-corrected chi connectivity index (χ2v) is 7.38. The van der Waals surface area contributed by atoms with Gasteiger partial charge in [-0.25, -0.2) is 0 Å². The van der Waals surface area contributed by atoms with E-state index in [1.807, 2.05) is 0 Å². The van der Waals surface area contributed by atoms with E-state index in [0.717, 1.165) is 31.5 Å². The predicted octanol–water partition coefficient (Wildman–Crippen LogP) is 3.50. The van der Waals surface area contributed by atoms with E-state index in [0.29, 0.717) is 5.41 Å². The van der Waals surface area contributed by atoms with Crippen molar-refractivity contribution in [1.29, 1.82) is 0 Å². The summed E-state index contributed by atoms with van der Waals surface area (Å²) in [6.07, 6.45) is 5.59. The molecule has 0 aromatic heterocycles. The quantitative estimate of drug-likeness (QED) is 0.775. The normalized spacial score (nSPS) is 30.4. The smallest absolute Gasteiger partial charge is 0.0587 e. The highest BCUT2D eigenvalue weighted by Gasteiger charge is 2.53. The first-order valence-electron chi connectivity index (χ1n) is 8.38. The zero-order chi connectivity index (χ0) is 14.9. The molecule has 2 atom stereocenters. The third-order valence-electron chi connectivity index (χ3n) is 5.64. The number of fused-ring (bicyclic) bond motifs is 1. The molecule has 0 amide bonds. The maximum atomic E-state index is 5.16. The van der Waals surface area contributed by atoms with Crippen molar-refractivity contribution < 1.29 is 4.74 Å². The van der Waals surface area contributed by atoms with Gasteiger partial charge in [-0.05, 0) is 73.5 Å². The molecule has 116 valence electrons. The lowest BCUT2D eigenvalue weighted by Gasteiger charge is -2.33. The van der Waals surface area contributed by atoms with Gasteiger partial charge in [-0.3, -0.25) is 0 Å². The summed E-state index contributed by atoms with van der Waals surface area (Å²) in [5, 5.41) is 3.64. The molecule has 2 aliphatic rings. The molecule has 3 rings (SSSR count). The van der Waals surface area contributed by atoms with E-state index in [9.17, 15) is 0 Å². The first kappa shape index (κ1) is 15.1. The van der Waals surface area contributed by atoms with E-state index >= 15 is 0 Å². The number of hydrogen-bond acceptors (Lipinski definition) is 2. The molecule has 0 aliphatic heterocycles. The second kappa shape index (κ2) is 6.10. The number of methoxy groups -OCH3 is 1. The van der Waals surface area contributed by atoms with Crippen LogP contribution in [0, 0.1) is 31.1 Å². The van der Waals surface area contributed by atoms with Crippen LogP contribution in [-0.2, 0) is 11.2 Å². The van der Waals surface area contributed by atoms with Gasteiger partial charge in [0.15, 0.2) is 0 Å². The van der Waals surface area contributed by atoms with Crippen LogP contribution < -0.4 is 5.32 Å². The van der Waals surface area contributed by atoms with Crippen LogP contribution in [0.4, 0.5) is 0 Å². The molecule has 1 N–H and O–H groups in total. The van der Waals surface area contributed by atoms with Crippen molar-refractivity contribution in [3.63, 3.8) is 0 Å². The van der Waals surface area contributed by atoms with Gasteiger partial charge >= 0.3 is 0 Å². The molecule has 2 aliphatic carbocycles. The molecule has 2 nitrogen and oxygen atoms in total. The van der Waals surface area contributed by atoms with Crippen molar-refractivity contribution in [3.05, 3.63) is 34.9 Å². The Morgan fingerprint density at radius 1 is 1.19 bits per heavy atom. The fourth-order valence-electron chi connectivity index (χ4n) is 4.39. The molecular formula is C19H29NO. The van der Waals surface area contributed by atoms with Gasteiger partial charge in [0, 0.05) is 20.2 Å². The van der Waals surface area contributed by atoms with Crippen molar-refractivity contribution in [3.8, 4) is 0 Å². The topological polar surface area (TPSA) is 21.3 Å². The summed E-state index contributed by atoms with van der Waals surface area (Å²) in [4.78, 5) is 0. The third kappa shape index (κ3) is 3.32. The Hall–Kier alpha value is -0.860. The van der Waals surface area contributed by atoms with Crippen LogP contribution in [-0.4, -0.2) is 26.8 Å². The monoisotopic (exact) mass is 287 g/mol. The lowest BCUT2D eigenvalue weighted by Crippen LogP contribution is -2.37. The predicted molar refractivity (Wildman–Crippen MR) is 87.6 cm³/mol. The lowest BCUT2D eigenvalue weighted by molar-refractivity contribution is 0.186. The number of rotatable bonds is 7. The highest BCUT2D eigenvalue weighted by atomic mass is 16.5. The molecule has 1 aromatic carbocycles. The maximum Gasteiger partial charge on any atom is 0.0587 e. The highest BCUT2D eigenvalue weighted by Crippen LogP contribution is 2.60. The first-order chi connectivity index (χ1) is 10.1. The molecule has 0 spiro atoms. The van der Waals surface area contributed by atoms with E-state index in [2.05, 4.69) is 37.4 Å². The molecule has 2 saturated carbocycles. The molecule has 2 fully saturated rings. The van der Waals surface area contributed by atoms with Crippen LogP contribution in [0.1, 0.15) is 36.0 Å². The number of benzene rings is 1. The maximum absolute atomic E-state index is 5.16. The second-order valence-electron chi connectivity index (χ2n) is 7.38. The summed E-state index contributed by atoms with van der Waals surface area (Å²) in [6, 6.07) is 6.72. The summed E-state index contributed by atoms with van der Waals surface area (Å²) >= 11 is 0. The van der Waals surface area contributed by atoms with Crippen LogP contribution in [0.15, 0.2) is 18.2 Å². The molecule has 0 heterocycles. The number of nitrogens with one attached hydrogen (secondary N) is 1. The van der Waals surface area contributed by atoms with Crippen molar-refractivity contribution in [2.45, 2.75) is 39.5 Å². The summed E-state index contributed by atoms with van der Waals surface area (Å²) < 4.78 is 5.16. The van der Waals surface area contributed by atoms with Gasteiger partial charge in [-0.1, -0.05) is 18.2 Å². The van der Waals surface area contributed by atoms with E-state index < -0.39 is 0 Å². The van der Waals surface area contributed by atoms with Crippen LogP contribution >= 0.6 is 0 Å². The fraction of sp³-hybridized carbons (Fsp3) is 0.684. The molecule has 0 saturated heterocycles. The number of ether oxygens (including phenoxy) is 1. The number of aryl methyl sites for hydroxylation is 2. The molecule has 2 unspecified atom stereocenters. The van der Waals surface area contributed by atoms with Crippen molar-refractivity contribution in [2.24, 2.45) is 17.3 Å². The molecule has 2 heteroatoms. The SMILES string of the molecule is COCCNCC1(Cc2c(C)cccc2C)CC2CC2C1. The minimum Gasteiger partial charge on any atom is -0.383 e. The van der Waals surface area contributed by atoms with Crippen LogP contribution in [0.3, 0.4) is 0 Å². The van der Waals surface area contributed by atoms with Gasteiger partial charge in [-0.2, -0.15) is 0 Å². The van der Waals surface area contributed by atoms with Gasteiger partial charge in [0.25, 0.3) is 0 Å². The van der Waals surface area contributed by atoms with Crippen molar-refractivity contribution in [2.75, 3.05) is 26.8 Å². The van der Waals surface area contributed by atoms with Crippen molar-refractivity contribution >= 4 is 0 Å². The molecule has 21 heavy (non-hydrogen) atoms. The Balaban J connectivity index is 1.71. The van der Waals surface area contributed by atoms with E-state index in [1.54, 1.807) is 12.7 Å². The van der Waals surface area contributed by atoms with E-state index in [4.69, 9.17) is 4.74 Å². The van der Waals surface area contributed by atoms with E-state index in [-0.39, 0.29) is 0 Å². The Morgan fingerprint density at radius 2 is 1.86 bits per heavy atom.